The Kier molecular flexibility index (Phi) is 5.28. The smallest absolute Gasteiger partial charge is 0.267 e. The Hall–Kier alpha value is -1.78. The summed E-state index contributed by atoms with van der Waals surface area (Å²) in [4.78, 5) is 18.4. The molecule has 2 aromatic heterocycles. The number of anilines is 1. The number of rotatable bonds is 4. The highest BCUT2D eigenvalue weighted by atomic mass is 35.5. The van der Waals surface area contributed by atoms with Gasteiger partial charge in [-0.25, -0.2) is 13.4 Å². The van der Waals surface area contributed by atoms with Gasteiger partial charge in [0.15, 0.2) is 5.13 Å². The summed E-state index contributed by atoms with van der Waals surface area (Å²) < 4.78 is 27.8. The van der Waals surface area contributed by atoms with E-state index in [2.05, 4.69) is 10.3 Å². The number of benzene rings is 1. The molecule has 1 aliphatic rings. The van der Waals surface area contributed by atoms with Gasteiger partial charge in [0.2, 0.25) is 10.0 Å². The molecule has 3 heterocycles. The van der Waals surface area contributed by atoms with Crippen LogP contribution in [-0.4, -0.2) is 30.2 Å². The normalized spacial score (nSPS) is 14.6. The molecule has 1 N–H and O–H groups in total. The van der Waals surface area contributed by atoms with Gasteiger partial charge < -0.3 is 0 Å². The van der Waals surface area contributed by atoms with Crippen LogP contribution in [0.15, 0.2) is 41.3 Å². The van der Waals surface area contributed by atoms with Crippen molar-refractivity contribution in [3.8, 4) is 0 Å². The minimum atomic E-state index is -3.56. The third-order valence-electron chi connectivity index (χ3n) is 4.37. The van der Waals surface area contributed by atoms with E-state index in [0.717, 1.165) is 16.1 Å². The summed E-state index contributed by atoms with van der Waals surface area (Å²) in [5, 5.41) is 3.24. The van der Waals surface area contributed by atoms with Crippen molar-refractivity contribution >= 4 is 55.3 Å². The summed E-state index contributed by atoms with van der Waals surface area (Å²) in [6.45, 7) is 2.53. The highest BCUT2D eigenvalue weighted by Crippen LogP contribution is 2.32. The van der Waals surface area contributed by atoms with Crippen molar-refractivity contribution in [2.45, 2.75) is 24.8 Å². The number of aromatic nitrogens is 1. The largest absolute Gasteiger partial charge is 0.297 e. The van der Waals surface area contributed by atoms with Gasteiger partial charge in [-0.2, -0.15) is 4.31 Å². The molecule has 0 atom stereocenters. The first-order valence-corrected chi connectivity index (χ1v) is 11.9. The van der Waals surface area contributed by atoms with E-state index in [-0.39, 0.29) is 17.3 Å². The van der Waals surface area contributed by atoms with Gasteiger partial charge >= 0.3 is 0 Å². The fraction of sp³-hybridized carbons (Fsp3) is 0.222. The monoisotopic (exact) mass is 453 g/mol. The van der Waals surface area contributed by atoms with Gasteiger partial charge in [0, 0.05) is 17.8 Å². The zero-order valence-electron chi connectivity index (χ0n) is 14.8. The predicted octanol–water partition coefficient (Wildman–Crippen LogP) is 4.17. The molecule has 0 radical (unpaired) electrons. The number of hydrogen-bond acceptors (Lipinski definition) is 6. The number of thiazole rings is 1. The predicted molar refractivity (Wildman–Crippen MR) is 112 cm³/mol. The van der Waals surface area contributed by atoms with Crippen LogP contribution in [0.1, 0.15) is 25.8 Å². The lowest BCUT2D eigenvalue weighted by Gasteiger charge is -2.25. The second kappa shape index (κ2) is 7.57. The molecule has 0 saturated heterocycles. The second-order valence-electron chi connectivity index (χ2n) is 6.35. The molecule has 1 aromatic carbocycles. The summed E-state index contributed by atoms with van der Waals surface area (Å²) in [6.07, 6.45) is 0.512. The Morgan fingerprint density at radius 3 is 2.61 bits per heavy atom. The lowest BCUT2D eigenvalue weighted by Crippen LogP contribution is -2.35. The van der Waals surface area contributed by atoms with Crippen LogP contribution in [0, 0.1) is 6.92 Å². The molecule has 146 valence electrons. The van der Waals surface area contributed by atoms with E-state index in [1.165, 1.54) is 27.0 Å². The number of hydrogen-bond donors (Lipinski definition) is 1. The first kappa shape index (κ1) is 19.5. The fourth-order valence-corrected chi connectivity index (χ4v) is 6.33. The molecule has 6 nitrogen and oxygen atoms in total. The molecule has 28 heavy (non-hydrogen) atoms. The van der Waals surface area contributed by atoms with Crippen molar-refractivity contribution in [3.63, 3.8) is 0 Å². The van der Waals surface area contributed by atoms with Gasteiger partial charge in [-0.1, -0.05) is 29.3 Å². The Morgan fingerprint density at radius 1 is 1.18 bits per heavy atom. The summed E-state index contributed by atoms with van der Waals surface area (Å²) in [6, 6.07) is 10.2. The minimum Gasteiger partial charge on any atom is -0.297 e. The zero-order valence-corrected chi connectivity index (χ0v) is 18.0. The number of fused-ring (bicyclic) bond motifs is 1. The van der Waals surface area contributed by atoms with Crippen molar-refractivity contribution in [2.24, 2.45) is 0 Å². The summed E-state index contributed by atoms with van der Waals surface area (Å²) in [5.74, 6) is -0.271. The summed E-state index contributed by atoms with van der Waals surface area (Å²) in [5.41, 5.74) is 1.84. The fourth-order valence-electron chi connectivity index (χ4n) is 2.89. The molecular weight excluding hydrogens is 438 g/mol. The Balaban J connectivity index is 1.51. The number of amides is 1. The number of carbonyl (C=O) groups is 1. The molecule has 0 fully saturated rings. The van der Waals surface area contributed by atoms with Gasteiger partial charge in [-0.3, -0.25) is 10.1 Å². The quantitative estimate of drug-likeness (QED) is 0.643. The Bertz CT molecular complexity index is 1140. The van der Waals surface area contributed by atoms with E-state index < -0.39 is 10.0 Å². The van der Waals surface area contributed by atoms with Gasteiger partial charge in [-0.05, 0) is 31.2 Å². The number of halogens is 1. The SMILES string of the molecule is Cc1ccc(S(=O)(=O)N2CCc3nc(NC(=O)c4ccc(Cl)s4)sc3C2)cc1. The van der Waals surface area contributed by atoms with Crippen LogP contribution in [0.4, 0.5) is 5.13 Å². The van der Waals surface area contributed by atoms with E-state index in [0.29, 0.717) is 27.3 Å². The standard InChI is InChI=1S/C18H16ClN3O3S3/c1-11-2-4-12(5-3-11)28(24,25)22-9-8-13-15(10-22)27-18(20-13)21-17(23)14-6-7-16(19)26-14/h2-7H,8-10H2,1H3,(H,20,21,23). The molecule has 0 bridgehead atoms. The van der Waals surface area contributed by atoms with Crippen LogP contribution >= 0.6 is 34.3 Å². The van der Waals surface area contributed by atoms with E-state index in [1.807, 2.05) is 6.92 Å². The molecule has 0 unspecified atom stereocenters. The van der Waals surface area contributed by atoms with Crippen LogP contribution in [0.5, 0.6) is 0 Å². The highest BCUT2D eigenvalue weighted by Gasteiger charge is 2.30. The van der Waals surface area contributed by atoms with Crippen molar-refractivity contribution < 1.29 is 13.2 Å². The number of nitrogens with zero attached hydrogens (tertiary/aromatic N) is 2. The maximum Gasteiger partial charge on any atom is 0.267 e. The summed E-state index contributed by atoms with van der Waals surface area (Å²) in [7, 11) is -3.56. The third-order valence-corrected chi connectivity index (χ3v) is 8.46. The number of aryl methyl sites for hydroxylation is 1. The number of thiophene rings is 1. The van der Waals surface area contributed by atoms with Crippen LogP contribution in [0.3, 0.4) is 0 Å². The van der Waals surface area contributed by atoms with Crippen LogP contribution in [-0.2, 0) is 23.0 Å². The highest BCUT2D eigenvalue weighted by molar-refractivity contribution is 7.89. The molecule has 1 amide bonds. The second-order valence-corrected chi connectivity index (χ2v) is 11.1. The minimum absolute atomic E-state index is 0.254. The molecule has 1 aliphatic heterocycles. The Labute approximate surface area is 175 Å². The topological polar surface area (TPSA) is 79.4 Å². The molecule has 3 aromatic rings. The Morgan fingerprint density at radius 2 is 1.93 bits per heavy atom. The summed E-state index contributed by atoms with van der Waals surface area (Å²) >= 11 is 8.37. The van der Waals surface area contributed by atoms with Crippen molar-refractivity contribution in [2.75, 3.05) is 11.9 Å². The van der Waals surface area contributed by atoms with Gasteiger partial charge in [0.05, 0.1) is 26.3 Å². The molecule has 4 rings (SSSR count). The molecule has 0 spiro atoms. The number of sulfonamides is 1. The first-order chi connectivity index (χ1) is 13.3. The van der Waals surface area contributed by atoms with E-state index in [9.17, 15) is 13.2 Å². The van der Waals surface area contributed by atoms with E-state index >= 15 is 0 Å². The maximum absolute atomic E-state index is 12.9. The van der Waals surface area contributed by atoms with Crippen LogP contribution in [0.2, 0.25) is 4.34 Å². The van der Waals surface area contributed by atoms with Crippen LogP contribution in [0.25, 0.3) is 0 Å². The van der Waals surface area contributed by atoms with Crippen LogP contribution < -0.4 is 5.32 Å². The van der Waals surface area contributed by atoms with Crippen molar-refractivity contribution in [1.82, 2.24) is 9.29 Å². The van der Waals surface area contributed by atoms with Crippen molar-refractivity contribution in [1.29, 1.82) is 0 Å². The average molecular weight is 454 g/mol. The molecule has 10 heteroatoms. The van der Waals surface area contributed by atoms with Gasteiger partial charge in [0.25, 0.3) is 5.91 Å². The van der Waals surface area contributed by atoms with Gasteiger partial charge in [-0.15, -0.1) is 22.7 Å². The first-order valence-electron chi connectivity index (χ1n) is 8.45. The maximum atomic E-state index is 12.9. The number of nitrogens with one attached hydrogen (secondary N) is 1. The number of carbonyl (C=O) groups excluding carboxylic acids is 1. The van der Waals surface area contributed by atoms with E-state index in [4.69, 9.17) is 11.6 Å². The molecular formula is C18H16ClN3O3S3. The molecule has 0 aliphatic carbocycles. The third kappa shape index (κ3) is 3.85. The zero-order chi connectivity index (χ0) is 19.9. The van der Waals surface area contributed by atoms with Gasteiger partial charge in [0.1, 0.15) is 0 Å². The van der Waals surface area contributed by atoms with E-state index in [1.54, 1.807) is 36.4 Å². The average Bonchev–Trinajstić information content (AvgIpc) is 3.27. The van der Waals surface area contributed by atoms with Crippen molar-refractivity contribution in [3.05, 3.63) is 61.7 Å². The lowest BCUT2D eigenvalue weighted by molar-refractivity contribution is 0.103. The lowest BCUT2D eigenvalue weighted by atomic mass is 10.2. The molecule has 0 saturated carbocycles.